The number of hydrogen-bond acceptors (Lipinski definition) is 5. The monoisotopic (exact) mass is 312 g/mol. The number of ether oxygens (including phenoxy) is 1. The molecule has 0 unspecified atom stereocenters. The highest BCUT2D eigenvalue weighted by Crippen LogP contribution is 2.26. The Morgan fingerprint density at radius 2 is 2.15 bits per heavy atom. The van der Waals surface area contributed by atoms with Crippen molar-refractivity contribution in [3.8, 4) is 5.75 Å². The van der Waals surface area contributed by atoms with Crippen LogP contribution >= 0.6 is 11.3 Å². The molecule has 2 aromatic rings. The molecule has 0 saturated carbocycles. The molecular formula is C13H16N2O3S2. The van der Waals surface area contributed by atoms with Crippen LogP contribution in [0.1, 0.15) is 11.8 Å². The summed E-state index contributed by atoms with van der Waals surface area (Å²) in [5, 5.41) is 1.90. The molecule has 2 rings (SSSR count). The van der Waals surface area contributed by atoms with E-state index in [0.29, 0.717) is 18.0 Å². The number of nitrogens with two attached hydrogens (primary N) is 1. The van der Waals surface area contributed by atoms with Crippen LogP contribution in [-0.4, -0.2) is 15.0 Å². The standard InChI is InChI=1S/C13H16N2O3S2/c1-2-18-12-6-5-10(14)8-13(12)20(16,17)15-9-11-4-3-7-19-11/h3-8,15H,2,9,14H2,1H3. The van der Waals surface area contributed by atoms with E-state index in [1.54, 1.807) is 19.1 Å². The lowest BCUT2D eigenvalue weighted by molar-refractivity contribution is 0.331. The van der Waals surface area contributed by atoms with E-state index in [1.807, 2.05) is 17.5 Å². The predicted molar refractivity (Wildman–Crippen MR) is 80.4 cm³/mol. The van der Waals surface area contributed by atoms with E-state index >= 15 is 0 Å². The maximum atomic E-state index is 12.3. The summed E-state index contributed by atoms with van der Waals surface area (Å²) < 4.78 is 32.6. The van der Waals surface area contributed by atoms with Gasteiger partial charge in [0, 0.05) is 17.1 Å². The van der Waals surface area contributed by atoms with Crippen LogP contribution in [0.15, 0.2) is 40.6 Å². The van der Waals surface area contributed by atoms with Gasteiger partial charge in [-0.1, -0.05) is 6.07 Å². The molecule has 1 heterocycles. The van der Waals surface area contributed by atoms with Gasteiger partial charge >= 0.3 is 0 Å². The third-order valence-electron chi connectivity index (χ3n) is 2.57. The van der Waals surface area contributed by atoms with Crippen LogP contribution < -0.4 is 15.2 Å². The highest BCUT2D eigenvalue weighted by Gasteiger charge is 2.20. The third-order valence-corrected chi connectivity index (χ3v) is 4.87. The second kappa shape index (κ2) is 6.25. The Bertz CT molecular complexity index is 667. The normalized spacial score (nSPS) is 11.4. The summed E-state index contributed by atoms with van der Waals surface area (Å²) in [6.07, 6.45) is 0. The fourth-order valence-corrected chi connectivity index (χ4v) is 3.59. The molecule has 5 nitrogen and oxygen atoms in total. The van der Waals surface area contributed by atoms with Gasteiger partial charge in [-0.05, 0) is 36.6 Å². The van der Waals surface area contributed by atoms with Crippen molar-refractivity contribution in [1.82, 2.24) is 4.72 Å². The molecule has 0 radical (unpaired) electrons. The predicted octanol–water partition coefficient (Wildman–Crippen LogP) is 2.21. The Morgan fingerprint density at radius 3 is 2.80 bits per heavy atom. The van der Waals surface area contributed by atoms with Crippen molar-refractivity contribution in [1.29, 1.82) is 0 Å². The van der Waals surface area contributed by atoms with Gasteiger partial charge in [-0.3, -0.25) is 0 Å². The molecule has 1 aromatic heterocycles. The maximum Gasteiger partial charge on any atom is 0.244 e. The molecule has 0 aliphatic heterocycles. The van der Waals surface area contributed by atoms with Crippen LogP contribution in [-0.2, 0) is 16.6 Å². The van der Waals surface area contributed by atoms with Crippen LogP contribution in [0.25, 0.3) is 0 Å². The van der Waals surface area contributed by atoms with Crippen LogP contribution in [0, 0.1) is 0 Å². The van der Waals surface area contributed by atoms with E-state index in [9.17, 15) is 8.42 Å². The highest BCUT2D eigenvalue weighted by molar-refractivity contribution is 7.89. The molecule has 0 saturated heterocycles. The van der Waals surface area contributed by atoms with Crippen molar-refractivity contribution in [3.63, 3.8) is 0 Å². The van der Waals surface area contributed by atoms with Crippen molar-refractivity contribution in [2.75, 3.05) is 12.3 Å². The van der Waals surface area contributed by atoms with E-state index < -0.39 is 10.0 Å². The van der Waals surface area contributed by atoms with Gasteiger partial charge in [0.15, 0.2) is 0 Å². The van der Waals surface area contributed by atoms with Gasteiger partial charge in [-0.25, -0.2) is 13.1 Å². The first-order valence-corrected chi connectivity index (χ1v) is 8.43. The average molecular weight is 312 g/mol. The van der Waals surface area contributed by atoms with Crippen LogP contribution in [0.3, 0.4) is 0 Å². The summed E-state index contributed by atoms with van der Waals surface area (Å²) in [6.45, 7) is 2.43. The Labute approximate surface area is 122 Å². The number of hydrogen-bond donors (Lipinski definition) is 2. The number of nitrogen functional groups attached to an aromatic ring is 1. The minimum absolute atomic E-state index is 0.0657. The second-order valence-electron chi connectivity index (χ2n) is 4.04. The molecule has 108 valence electrons. The molecule has 0 aliphatic rings. The van der Waals surface area contributed by atoms with Gasteiger partial charge in [0.05, 0.1) is 6.61 Å². The lowest BCUT2D eigenvalue weighted by Gasteiger charge is -2.12. The van der Waals surface area contributed by atoms with Gasteiger partial charge in [0.25, 0.3) is 0 Å². The molecule has 3 N–H and O–H groups in total. The zero-order valence-electron chi connectivity index (χ0n) is 11.0. The number of benzene rings is 1. The minimum Gasteiger partial charge on any atom is -0.492 e. The van der Waals surface area contributed by atoms with E-state index in [0.717, 1.165) is 4.88 Å². The Morgan fingerprint density at radius 1 is 1.35 bits per heavy atom. The summed E-state index contributed by atoms with van der Waals surface area (Å²) >= 11 is 1.49. The molecular weight excluding hydrogens is 296 g/mol. The number of nitrogens with one attached hydrogen (secondary N) is 1. The van der Waals surface area contributed by atoms with Gasteiger partial charge in [-0.15, -0.1) is 11.3 Å². The number of thiophene rings is 1. The molecule has 0 aliphatic carbocycles. The third kappa shape index (κ3) is 3.50. The summed E-state index contributed by atoms with van der Waals surface area (Å²) in [4.78, 5) is 1.01. The smallest absolute Gasteiger partial charge is 0.244 e. The lowest BCUT2D eigenvalue weighted by atomic mass is 10.3. The summed E-state index contributed by atoms with van der Waals surface area (Å²) in [6, 6.07) is 8.33. The second-order valence-corrected chi connectivity index (χ2v) is 6.81. The first-order valence-electron chi connectivity index (χ1n) is 6.07. The van der Waals surface area contributed by atoms with E-state index in [1.165, 1.54) is 17.4 Å². The molecule has 20 heavy (non-hydrogen) atoms. The van der Waals surface area contributed by atoms with E-state index in [-0.39, 0.29) is 11.4 Å². The SMILES string of the molecule is CCOc1ccc(N)cc1S(=O)(=O)NCc1cccs1. The van der Waals surface area contributed by atoms with Gasteiger partial charge < -0.3 is 10.5 Å². The molecule has 0 amide bonds. The van der Waals surface area contributed by atoms with Gasteiger partial charge in [0.1, 0.15) is 10.6 Å². The van der Waals surface area contributed by atoms with Crippen molar-refractivity contribution in [2.45, 2.75) is 18.4 Å². The van der Waals surface area contributed by atoms with Crippen LogP contribution in [0.4, 0.5) is 5.69 Å². The number of rotatable bonds is 6. The zero-order valence-corrected chi connectivity index (χ0v) is 12.6. The molecule has 1 aromatic carbocycles. The number of sulfonamides is 1. The van der Waals surface area contributed by atoms with Gasteiger partial charge in [0.2, 0.25) is 10.0 Å². The molecule has 0 spiro atoms. The van der Waals surface area contributed by atoms with Crippen LogP contribution in [0.5, 0.6) is 5.75 Å². The molecule has 0 atom stereocenters. The maximum absolute atomic E-state index is 12.3. The van der Waals surface area contributed by atoms with Crippen LogP contribution in [0.2, 0.25) is 0 Å². The average Bonchev–Trinajstić information content (AvgIpc) is 2.92. The quantitative estimate of drug-likeness (QED) is 0.801. The topological polar surface area (TPSA) is 81.4 Å². The highest BCUT2D eigenvalue weighted by atomic mass is 32.2. The Balaban J connectivity index is 2.26. The van der Waals surface area contributed by atoms with Crippen molar-refractivity contribution in [2.24, 2.45) is 0 Å². The van der Waals surface area contributed by atoms with Crippen molar-refractivity contribution < 1.29 is 13.2 Å². The molecule has 7 heteroatoms. The fraction of sp³-hybridized carbons (Fsp3) is 0.231. The Hall–Kier alpha value is -1.57. The first kappa shape index (κ1) is 14.8. The summed E-state index contributed by atoms with van der Waals surface area (Å²) in [5.41, 5.74) is 6.04. The Kier molecular flexibility index (Phi) is 4.64. The number of anilines is 1. The summed E-state index contributed by atoms with van der Waals surface area (Å²) in [5.74, 6) is 0.306. The van der Waals surface area contributed by atoms with Gasteiger partial charge in [-0.2, -0.15) is 0 Å². The fourth-order valence-electron chi connectivity index (χ4n) is 1.67. The molecule has 0 fully saturated rings. The molecule has 0 bridgehead atoms. The van der Waals surface area contributed by atoms with Crippen molar-refractivity contribution in [3.05, 3.63) is 40.6 Å². The van der Waals surface area contributed by atoms with E-state index in [4.69, 9.17) is 10.5 Å². The largest absolute Gasteiger partial charge is 0.492 e. The van der Waals surface area contributed by atoms with E-state index in [2.05, 4.69) is 4.72 Å². The van der Waals surface area contributed by atoms with Crippen molar-refractivity contribution >= 4 is 27.0 Å². The zero-order chi connectivity index (χ0) is 14.6. The summed E-state index contributed by atoms with van der Waals surface area (Å²) in [7, 11) is -3.66. The first-order chi connectivity index (χ1) is 9.53. The minimum atomic E-state index is -3.66. The lowest BCUT2D eigenvalue weighted by Crippen LogP contribution is -2.23.